The molecule has 4 rings (SSSR count). The average Bonchev–Trinajstić information content (AvgIpc) is 3.34. The lowest BCUT2D eigenvalue weighted by Gasteiger charge is -2.14. The first-order valence-corrected chi connectivity index (χ1v) is 9.01. The molecule has 0 spiro atoms. The normalized spacial score (nSPS) is 16.0. The van der Waals surface area contributed by atoms with Crippen LogP contribution in [0.5, 0.6) is 0 Å². The van der Waals surface area contributed by atoms with Crippen LogP contribution in [0.25, 0.3) is 17.1 Å². The Morgan fingerprint density at radius 1 is 1.28 bits per heavy atom. The minimum Gasteiger partial charge on any atom is -0.442 e. The Hall–Kier alpha value is -3.75. The van der Waals surface area contributed by atoms with Crippen molar-refractivity contribution in [2.75, 3.05) is 18.0 Å². The van der Waals surface area contributed by atoms with Crippen LogP contribution in [0.2, 0.25) is 0 Å². The molecule has 0 aliphatic carbocycles. The predicted molar refractivity (Wildman–Crippen MR) is 103 cm³/mol. The Balaban J connectivity index is 1.52. The molecule has 0 bridgehead atoms. The van der Waals surface area contributed by atoms with Crippen molar-refractivity contribution in [3.05, 3.63) is 60.7 Å². The molecule has 1 N–H and O–H groups in total. The number of nitrogens with one attached hydrogen (secondary N) is 1. The van der Waals surface area contributed by atoms with E-state index < -0.39 is 18.0 Å². The number of amides is 2. The third kappa shape index (κ3) is 3.93. The van der Waals surface area contributed by atoms with Crippen LogP contribution in [-0.4, -0.2) is 46.0 Å². The molecule has 1 fully saturated rings. The van der Waals surface area contributed by atoms with Gasteiger partial charge in [-0.2, -0.15) is 5.10 Å². The molecule has 1 atom stereocenters. The molecule has 0 radical (unpaired) electrons. The molecule has 29 heavy (non-hydrogen) atoms. The number of aromatic nitrogens is 3. The third-order valence-electron chi connectivity index (χ3n) is 4.46. The third-order valence-corrected chi connectivity index (χ3v) is 4.46. The molecular formula is C20H18FN5O3. The number of cyclic esters (lactones) is 1. The number of anilines is 1. The Bertz CT molecular complexity index is 1050. The second-order valence-corrected chi connectivity index (χ2v) is 6.55. The second-order valence-electron chi connectivity index (χ2n) is 6.55. The summed E-state index contributed by atoms with van der Waals surface area (Å²) >= 11 is 0. The van der Waals surface area contributed by atoms with Gasteiger partial charge in [0.25, 0.3) is 0 Å². The van der Waals surface area contributed by atoms with Crippen LogP contribution < -0.4 is 10.2 Å². The molecule has 9 heteroatoms. The van der Waals surface area contributed by atoms with E-state index in [1.165, 1.54) is 22.6 Å². The van der Waals surface area contributed by atoms with Crippen LogP contribution >= 0.6 is 0 Å². The molecule has 3 heterocycles. The maximum Gasteiger partial charge on any atom is 0.414 e. The minimum absolute atomic E-state index is 0.209. The van der Waals surface area contributed by atoms with Gasteiger partial charge in [0.2, 0.25) is 5.91 Å². The van der Waals surface area contributed by atoms with E-state index in [0.29, 0.717) is 17.1 Å². The number of hydrogen-bond donors (Lipinski definition) is 1. The monoisotopic (exact) mass is 395 g/mol. The van der Waals surface area contributed by atoms with E-state index in [9.17, 15) is 14.0 Å². The second kappa shape index (κ2) is 7.70. The highest BCUT2D eigenvalue weighted by molar-refractivity contribution is 5.90. The van der Waals surface area contributed by atoms with Gasteiger partial charge in [0.05, 0.1) is 24.5 Å². The summed E-state index contributed by atoms with van der Waals surface area (Å²) in [5, 5.41) is 6.98. The van der Waals surface area contributed by atoms with E-state index in [0.717, 1.165) is 0 Å². The van der Waals surface area contributed by atoms with Gasteiger partial charge in [-0.1, -0.05) is 6.07 Å². The zero-order chi connectivity index (χ0) is 20.4. The van der Waals surface area contributed by atoms with E-state index in [1.54, 1.807) is 30.6 Å². The highest BCUT2D eigenvalue weighted by atomic mass is 19.1. The summed E-state index contributed by atoms with van der Waals surface area (Å²) in [5.74, 6) is -0.740. The Morgan fingerprint density at radius 3 is 2.86 bits per heavy atom. The highest BCUT2D eigenvalue weighted by Gasteiger charge is 2.32. The van der Waals surface area contributed by atoms with Crippen LogP contribution in [-0.2, 0) is 9.53 Å². The molecule has 0 unspecified atom stereocenters. The summed E-state index contributed by atoms with van der Waals surface area (Å²) in [6.07, 6.45) is 2.25. The van der Waals surface area contributed by atoms with Crippen molar-refractivity contribution in [2.45, 2.75) is 13.0 Å². The number of carbonyl (C=O) groups is 2. The molecule has 1 saturated heterocycles. The lowest BCUT2D eigenvalue weighted by molar-refractivity contribution is -0.119. The Labute approximate surface area is 165 Å². The lowest BCUT2D eigenvalue weighted by atomic mass is 10.2. The van der Waals surface area contributed by atoms with Gasteiger partial charge in [-0.05, 0) is 36.4 Å². The number of pyridine rings is 1. The van der Waals surface area contributed by atoms with Gasteiger partial charge in [-0.25, -0.2) is 13.9 Å². The summed E-state index contributed by atoms with van der Waals surface area (Å²) in [6, 6.07) is 11.7. The number of halogens is 1. The molecule has 8 nitrogen and oxygen atoms in total. The zero-order valence-corrected chi connectivity index (χ0v) is 15.6. The maximum atomic E-state index is 14.8. The summed E-state index contributed by atoms with van der Waals surface area (Å²) in [5.41, 5.74) is 1.93. The van der Waals surface area contributed by atoms with Crippen molar-refractivity contribution < 1.29 is 18.7 Å². The van der Waals surface area contributed by atoms with Crippen molar-refractivity contribution in [3.63, 3.8) is 0 Å². The summed E-state index contributed by atoms with van der Waals surface area (Å²) in [6.45, 7) is 1.82. The van der Waals surface area contributed by atoms with Gasteiger partial charge in [-0.15, -0.1) is 0 Å². The fraction of sp³-hybridized carbons (Fsp3) is 0.200. The summed E-state index contributed by atoms with van der Waals surface area (Å²) < 4.78 is 21.4. The number of carbonyl (C=O) groups excluding carboxylic acids is 2. The van der Waals surface area contributed by atoms with Crippen molar-refractivity contribution in [1.29, 1.82) is 0 Å². The molecule has 3 aromatic rings. The largest absolute Gasteiger partial charge is 0.442 e. The smallest absolute Gasteiger partial charge is 0.414 e. The standard InChI is InChI=1S/C20H18FN5O3/c1-13(27)23-11-15-12-25(20(28)29-15)14-5-6-19(16(21)10-14)26-9-7-18(24-26)17-4-2-3-8-22-17/h2-10,15H,11-12H2,1H3,(H,23,27)/t15-/m0/s1. The lowest BCUT2D eigenvalue weighted by Crippen LogP contribution is -2.33. The average molecular weight is 395 g/mol. The highest BCUT2D eigenvalue weighted by Crippen LogP contribution is 2.26. The van der Waals surface area contributed by atoms with Gasteiger partial charge in [-0.3, -0.25) is 14.7 Å². The van der Waals surface area contributed by atoms with Crippen LogP contribution in [0.15, 0.2) is 54.9 Å². The number of ether oxygens (including phenoxy) is 1. The van der Waals surface area contributed by atoms with E-state index in [2.05, 4.69) is 15.4 Å². The van der Waals surface area contributed by atoms with Crippen LogP contribution in [0.4, 0.5) is 14.9 Å². The number of rotatable bonds is 5. The fourth-order valence-corrected chi connectivity index (χ4v) is 3.05. The van der Waals surface area contributed by atoms with Crippen molar-refractivity contribution >= 4 is 17.7 Å². The van der Waals surface area contributed by atoms with Crippen LogP contribution in [0.1, 0.15) is 6.92 Å². The summed E-state index contributed by atoms with van der Waals surface area (Å²) in [4.78, 5) is 28.7. The van der Waals surface area contributed by atoms with Crippen molar-refractivity contribution in [1.82, 2.24) is 20.1 Å². The molecule has 1 aliphatic heterocycles. The quantitative estimate of drug-likeness (QED) is 0.717. The molecule has 1 aliphatic rings. The van der Waals surface area contributed by atoms with Gasteiger partial charge >= 0.3 is 6.09 Å². The maximum absolute atomic E-state index is 14.8. The Morgan fingerprint density at radius 2 is 2.14 bits per heavy atom. The summed E-state index contributed by atoms with van der Waals surface area (Å²) in [7, 11) is 0. The molecule has 0 saturated carbocycles. The molecule has 2 aromatic heterocycles. The molecule has 2 amide bonds. The van der Waals surface area contributed by atoms with E-state index >= 15 is 0 Å². The van der Waals surface area contributed by atoms with Crippen LogP contribution in [0, 0.1) is 5.82 Å². The predicted octanol–water partition coefficient (Wildman–Crippen LogP) is 2.53. The van der Waals surface area contributed by atoms with Crippen LogP contribution in [0.3, 0.4) is 0 Å². The first kappa shape index (κ1) is 18.6. The van der Waals surface area contributed by atoms with Gasteiger partial charge in [0.15, 0.2) is 5.82 Å². The van der Waals surface area contributed by atoms with E-state index in [-0.39, 0.29) is 24.7 Å². The SMILES string of the molecule is CC(=O)NC[C@H]1CN(c2ccc(-n3ccc(-c4ccccn4)n3)c(F)c2)C(=O)O1. The van der Waals surface area contributed by atoms with Crippen molar-refractivity contribution in [2.24, 2.45) is 0 Å². The van der Waals surface area contributed by atoms with Gasteiger partial charge < -0.3 is 10.1 Å². The molecule has 1 aromatic carbocycles. The van der Waals surface area contributed by atoms with E-state index in [4.69, 9.17) is 4.74 Å². The number of benzene rings is 1. The molecule has 148 valence electrons. The minimum atomic E-state index is -0.580. The van der Waals surface area contributed by atoms with Gasteiger partial charge in [0, 0.05) is 19.3 Å². The number of nitrogens with zero attached hydrogens (tertiary/aromatic N) is 4. The topological polar surface area (TPSA) is 89.4 Å². The number of hydrogen-bond acceptors (Lipinski definition) is 5. The zero-order valence-electron chi connectivity index (χ0n) is 15.6. The molecular weight excluding hydrogens is 377 g/mol. The van der Waals surface area contributed by atoms with E-state index in [1.807, 2.05) is 18.2 Å². The first-order chi connectivity index (χ1) is 14.0. The fourth-order valence-electron chi connectivity index (χ4n) is 3.05. The van der Waals surface area contributed by atoms with Crippen molar-refractivity contribution in [3.8, 4) is 17.1 Å². The Kier molecular flexibility index (Phi) is 4.94. The van der Waals surface area contributed by atoms with Gasteiger partial charge in [0.1, 0.15) is 17.5 Å². The first-order valence-electron chi connectivity index (χ1n) is 9.01.